The van der Waals surface area contributed by atoms with E-state index in [0.717, 1.165) is 12.0 Å². The summed E-state index contributed by atoms with van der Waals surface area (Å²) in [6, 6.07) is 4.56. The Hall–Kier alpha value is -2.02. The summed E-state index contributed by atoms with van der Waals surface area (Å²) in [6.07, 6.45) is 1.38. The van der Waals surface area contributed by atoms with Gasteiger partial charge in [0.15, 0.2) is 0 Å². The minimum absolute atomic E-state index is 0.0991. The van der Waals surface area contributed by atoms with Gasteiger partial charge in [0.25, 0.3) is 5.91 Å². The van der Waals surface area contributed by atoms with Crippen molar-refractivity contribution >= 4 is 30.0 Å². The molecule has 2 aliphatic rings. The van der Waals surface area contributed by atoms with Gasteiger partial charge in [0, 0.05) is 16.9 Å². The molecular formula is C15H16N2O4S. The van der Waals surface area contributed by atoms with Crippen molar-refractivity contribution in [3.63, 3.8) is 0 Å². The van der Waals surface area contributed by atoms with E-state index in [1.165, 1.54) is 12.0 Å². The number of imide groups is 1. The number of nitrogens with one attached hydrogen (secondary N) is 1. The van der Waals surface area contributed by atoms with E-state index in [4.69, 9.17) is 4.74 Å². The van der Waals surface area contributed by atoms with Crippen LogP contribution in [0.1, 0.15) is 22.3 Å². The van der Waals surface area contributed by atoms with Crippen molar-refractivity contribution in [2.75, 3.05) is 18.6 Å². The van der Waals surface area contributed by atoms with Crippen molar-refractivity contribution in [1.82, 2.24) is 10.2 Å². The maximum absolute atomic E-state index is 12.6. The summed E-state index contributed by atoms with van der Waals surface area (Å²) in [5.74, 6) is 1.83. The lowest BCUT2D eigenvalue weighted by molar-refractivity contribution is -0.130. The van der Waals surface area contributed by atoms with Gasteiger partial charge in [-0.3, -0.25) is 14.5 Å². The van der Waals surface area contributed by atoms with Crippen LogP contribution in [0.25, 0.3) is 0 Å². The highest BCUT2D eigenvalue weighted by atomic mass is 32.2. The molecule has 0 unspecified atom stereocenters. The molecule has 2 aliphatic heterocycles. The summed E-state index contributed by atoms with van der Waals surface area (Å²) in [5.41, 5.74) is 0.365. The Morgan fingerprint density at radius 2 is 2.27 bits per heavy atom. The van der Waals surface area contributed by atoms with Crippen LogP contribution in [0.3, 0.4) is 0 Å². The third kappa shape index (κ3) is 2.35. The fraction of sp³-hybridized carbons (Fsp3) is 0.400. The molecule has 0 saturated carbocycles. The van der Waals surface area contributed by atoms with Gasteiger partial charge in [-0.05, 0) is 30.4 Å². The molecule has 1 atom stereocenters. The van der Waals surface area contributed by atoms with Crippen LogP contribution in [0.4, 0.5) is 4.79 Å². The summed E-state index contributed by atoms with van der Waals surface area (Å²) >= 11 is 1.66. The number of nitrogens with zero attached hydrogens (tertiary/aromatic N) is 1. The molecule has 2 saturated heterocycles. The number of methoxy groups -OCH3 is 1. The fourth-order valence-electron chi connectivity index (χ4n) is 2.82. The number of amides is 3. The van der Waals surface area contributed by atoms with E-state index in [1.54, 1.807) is 30.0 Å². The molecule has 3 amide bonds. The average Bonchev–Trinajstić information content (AvgIpc) is 3.08. The van der Waals surface area contributed by atoms with Gasteiger partial charge in [0.2, 0.25) is 0 Å². The fourth-order valence-corrected chi connectivity index (χ4v) is 4.14. The molecule has 1 N–H and O–H groups in total. The third-order valence-electron chi connectivity index (χ3n) is 4.04. The number of thioether (sulfide) groups is 1. The second kappa shape index (κ2) is 5.64. The first kappa shape index (κ1) is 14.9. The van der Waals surface area contributed by atoms with E-state index >= 15 is 0 Å². The lowest BCUT2D eigenvalue weighted by Crippen LogP contribution is -2.46. The number of hydrogen-bond donors (Lipinski definition) is 1. The van der Waals surface area contributed by atoms with E-state index in [1.807, 2.05) is 0 Å². The Bertz CT molecular complexity index is 640. The first-order valence-electron chi connectivity index (χ1n) is 6.93. The number of aldehydes is 1. The Balaban J connectivity index is 1.88. The molecule has 1 aromatic rings. The average molecular weight is 320 g/mol. The molecule has 2 fully saturated rings. The van der Waals surface area contributed by atoms with Gasteiger partial charge in [-0.1, -0.05) is 0 Å². The summed E-state index contributed by atoms with van der Waals surface area (Å²) in [5, 5.41) is 2.82. The van der Waals surface area contributed by atoms with Gasteiger partial charge in [0.1, 0.15) is 17.6 Å². The standard InChI is InChI=1S/C15H16N2O4S/c1-21-12-3-2-10(8-18)6-11(12)7-17-13(19)15(16-14(17)20)4-5-22-9-15/h2-3,6,8H,4-5,7,9H2,1H3,(H,16,20)/t15-/m1/s1. The van der Waals surface area contributed by atoms with E-state index < -0.39 is 5.54 Å². The predicted molar refractivity (Wildman–Crippen MR) is 82.1 cm³/mol. The molecule has 1 spiro atoms. The number of urea groups is 1. The number of benzene rings is 1. The van der Waals surface area contributed by atoms with E-state index in [9.17, 15) is 14.4 Å². The zero-order chi connectivity index (χ0) is 15.7. The first-order valence-corrected chi connectivity index (χ1v) is 8.09. The zero-order valence-electron chi connectivity index (χ0n) is 12.1. The maximum Gasteiger partial charge on any atom is 0.325 e. The molecule has 0 bridgehead atoms. The Morgan fingerprint density at radius 1 is 1.45 bits per heavy atom. The van der Waals surface area contributed by atoms with E-state index in [2.05, 4.69) is 5.32 Å². The molecule has 2 heterocycles. The van der Waals surface area contributed by atoms with Crippen LogP contribution < -0.4 is 10.1 Å². The van der Waals surface area contributed by atoms with Crippen molar-refractivity contribution in [3.05, 3.63) is 29.3 Å². The van der Waals surface area contributed by atoms with Crippen LogP contribution in [0.15, 0.2) is 18.2 Å². The lowest BCUT2D eigenvalue weighted by atomic mass is 9.99. The Morgan fingerprint density at radius 3 is 2.91 bits per heavy atom. The van der Waals surface area contributed by atoms with Crippen LogP contribution in [0, 0.1) is 0 Å². The zero-order valence-corrected chi connectivity index (χ0v) is 12.9. The summed E-state index contributed by atoms with van der Waals surface area (Å²) in [6.45, 7) is 0.0991. The molecule has 0 aromatic heterocycles. The van der Waals surface area contributed by atoms with Gasteiger partial charge in [-0.25, -0.2) is 4.79 Å². The molecule has 0 radical (unpaired) electrons. The van der Waals surface area contributed by atoms with Crippen molar-refractivity contribution in [1.29, 1.82) is 0 Å². The second-order valence-corrected chi connectivity index (χ2v) is 6.50. The number of hydrogen-bond acceptors (Lipinski definition) is 5. The van der Waals surface area contributed by atoms with Crippen LogP contribution in [-0.2, 0) is 11.3 Å². The monoisotopic (exact) mass is 320 g/mol. The SMILES string of the molecule is COc1ccc(C=O)cc1CN1C(=O)N[C@@]2(CCSC2)C1=O. The Labute approximate surface area is 132 Å². The topological polar surface area (TPSA) is 75.7 Å². The molecule has 0 aliphatic carbocycles. The highest BCUT2D eigenvalue weighted by Crippen LogP contribution is 2.34. The van der Waals surface area contributed by atoms with E-state index in [-0.39, 0.29) is 18.5 Å². The first-order chi connectivity index (χ1) is 10.6. The molecular weight excluding hydrogens is 304 g/mol. The van der Waals surface area contributed by atoms with Crippen molar-refractivity contribution in [2.24, 2.45) is 0 Å². The quantitative estimate of drug-likeness (QED) is 0.671. The smallest absolute Gasteiger partial charge is 0.325 e. The summed E-state index contributed by atoms with van der Waals surface area (Å²) in [7, 11) is 1.51. The van der Waals surface area contributed by atoms with Crippen molar-refractivity contribution < 1.29 is 19.1 Å². The number of carbonyl (C=O) groups excluding carboxylic acids is 3. The van der Waals surface area contributed by atoms with Gasteiger partial charge in [-0.2, -0.15) is 11.8 Å². The van der Waals surface area contributed by atoms with Gasteiger partial charge in [0.05, 0.1) is 13.7 Å². The van der Waals surface area contributed by atoms with Gasteiger partial charge < -0.3 is 10.1 Å². The molecule has 3 rings (SSSR count). The highest BCUT2D eigenvalue weighted by molar-refractivity contribution is 7.99. The van der Waals surface area contributed by atoms with Crippen LogP contribution in [-0.4, -0.2) is 47.3 Å². The highest BCUT2D eigenvalue weighted by Gasteiger charge is 2.52. The molecule has 116 valence electrons. The number of carbonyl (C=O) groups is 3. The maximum atomic E-state index is 12.6. The van der Waals surface area contributed by atoms with Crippen molar-refractivity contribution in [3.8, 4) is 5.75 Å². The second-order valence-electron chi connectivity index (χ2n) is 5.40. The largest absolute Gasteiger partial charge is 0.496 e. The molecule has 7 heteroatoms. The predicted octanol–water partition coefficient (Wildman–Crippen LogP) is 1.44. The summed E-state index contributed by atoms with van der Waals surface area (Å²) in [4.78, 5) is 36.9. The van der Waals surface area contributed by atoms with Gasteiger partial charge in [-0.15, -0.1) is 0 Å². The van der Waals surface area contributed by atoms with Gasteiger partial charge >= 0.3 is 6.03 Å². The van der Waals surface area contributed by atoms with Crippen LogP contribution in [0.2, 0.25) is 0 Å². The number of ether oxygens (including phenoxy) is 1. The molecule has 1 aromatic carbocycles. The van der Waals surface area contributed by atoms with Crippen LogP contribution >= 0.6 is 11.8 Å². The third-order valence-corrected chi connectivity index (χ3v) is 5.23. The Kier molecular flexibility index (Phi) is 3.82. The van der Waals surface area contributed by atoms with Crippen molar-refractivity contribution in [2.45, 2.75) is 18.5 Å². The summed E-state index contributed by atoms with van der Waals surface area (Å²) < 4.78 is 5.25. The normalized spacial score (nSPS) is 24.0. The number of rotatable bonds is 4. The van der Waals surface area contributed by atoms with Crippen LogP contribution in [0.5, 0.6) is 5.75 Å². The molecule has 22 heavy (non-hydrogen) atoms. The minimum atomic E-state index is -0.753. The lowest BCUT2D eigenvalue weighted by Gasteiger charge is -2.20. The van der Waals surface area contributed by atoms with E-state index in [0.29, 0.717) is 29.1 Å². The minimum Gasteiger partial charge on any atom is -0.496 e. The molecule has 6 nitrogen and oxygen atoms in total.